The minimum absolute atomic E-state index is 0.100. The highest BCUT2D eigenvalue weighted by Crippen LogP contribution is 2.23. The Balaban J connectivity index is 1.83. The fourth-order valence-corrected chi connectivity index (χ4v) is 3.31. The number of hydrogen-bond acceptors (Lipinski definition) is 5. The predicted octanol–water partition coefficient (Wildman–Crippen LogP) is 2.67. The molecule has 0 atom stereocenters. The molecule has 124 valence electrons. The number of methoxy groups -OCH3 is 1. The van der Waals surface area contributed by atoms with Gasteiger partial charge >= 0.3 is 0 Å². The Bertz CT molecular complexity index is 946. The Morgan fingerprint density at radius 3 is 2.92 bits per heavy atom. The van der Waals surface area contributed by atoms with Crippen molar-refractivity contribution in [2.24, 2.45) is 0 Å². The molecular weight excluding hydrogens is 326 g/mol. The van der Waals surface area contributed by atoms with Crippen molar-refractivity contribution in [3.63, 3.8) is 0 Å². The topological polar surface area (TPSA) is 73.2 Å². The number of amides is 1. The van der Waals surface area contributed by atoms with E-state index in [1.54, 1.807) is 18.2 Å². The molecule has 1 aromatic carbocycles. The number of nitrogens with zero attached hydrogens (tertiary/aromatic N) is 2. The first-order valence-electron chi connectivity index (χ1n) is 7.53. The Kier molecular flexibility index (Phi) is 4.61. The third-order valence-electron chi connectivity index (χ3n) is 3.61. The van der Waals surface area contributed by atoms with E-state index >= 15 is 0 Å². The Hall–Kier alpha value is -2.67. The number of thiophene rings is 1. The van der Waals surface area contributed by atoms with Gasteiger partial charge in [-0.3, -0.25) is 14.2 Å². The van der Waals surface area contributed by atoms with E-state index < -0.39 is 0 Å². The Labute approximate surface area is 142 Å². The van der Waals surface area contributed by atoms with Crippen LogP contribution in [-0.2, 0) is 17.8 Å². The highest BCUT2D eigenvalue weighted by Gasteiger charge is 2.12. The van der Waals surface area contributed by atoms with E-state index in [-0.39, 0.29) is 18.0 Å². The van der Waals surface area contributed by atoms with Gasteiger partial charge in [-0.2, -0.15) is 0 Å². The average molecular weight is 343 g/mol. The second kappa shape index (κ2) is 6.84. The molecule has 0 saturated carbocycles. The van der Waals surface area contributed by atoms with Gasteiger partial charge in [-0.05, 0) is 24.6 Å². The SMILES string of the molecule is CCc1cc2c(=O)n(CC(=O)Nc3ccccc3OC)cnc2s1. The summed E-state index contributed by atoms with van der Waals surface area (Å²) in [6.45, 7) is 1.93. The zero-order valence-corrected chi connectivity index (χ0v) is 14.2. The number of aromatic nitrogens is 2. The van der Waals surface area contributed by atoms with Crippen LogP contribution in [0.15, 0.2) is 41.5 Å². The van der Waals surface area contributed by atoms with Crippen molar-refractivity contribution in [2.45, 2.75) is 19.9 Å². The summed E-state index contributed by atoms with van der Waals surface area (Å²) in [5, 5.41) is 3.31. The number of para-hydroxylation sites is 2. The van der Waals surface area contributed by atoms with Crippen LogP contribution in [0.5, 0.6) is 5.75 Å². The van der Waals surface area contributed by atoms with E-state index in [0.717, 1.165) is 11.3 Å². The fourth-order valence-electron chi connectivity index (χ4n) is 2.39. The van der Waals surface area contributed by atoms with E-state index in [1.165, 1.54) is 29.3 Å². The summed E-state index contributed by atoms with van der Waals surface area (Å²) < 4.78 is 6.52. The molecule has 2 heterocycles. The van der Waals surface area contributed by atoms with Crippen LogP contribution in [0.3, 0.4) is 0 Å². The van der Waals surface area contributed by atoms with Crippen LogP contribution in [0.4, 0.5) is 5.69 Å². The van der Waals surface area contributed by atoms with E-state index in [2.05, 4.69) is 10.3 Å². The van der Waals surface area contributed by atoms with Crippen LogP contribution in [0.2, 0.25) is 0 Å². The van der Waals surface area contributed by atoms with Crippen molar-refractivity contribution < 1.29 is 9.53 Å². The lowest BCUT2D eigenvalue weighted by Crippen LogP contribution is -2.27. The van der Waals surface area contributed by atoms with Crippen molar-refractivity contribution in [3.8, 4) is 5.75 Å². The maximum atomic E-state index is 12.5. The van der Waals surface area contributed by atoms with E-state index in [9.17, 15) is 9.59 Å². The second-order valence-corrected chi connectivity index (χ2v) is 6.33. The first kappa shape index (κ1) is 16.2. The van der Waals surface area contributed by atoms with Crippen LogP contribution in [-0.4, -0.2) is 22.6 Å². The number of nitrogens with one attached hydrogen (secondary N) is 1. The summed E-state index contributed by atoms with van der Waals surface area (Å²) in [4.78, 5) is 30.8. The number of carbonyl (C=O) groups excluding carboxylic acids is 1. The van der Waals surface area contributed by atoms with Gasteiger partial charge in [0.05, 0.1) is 24.5 Å². The Morgan fingerprint density at radius 1 is 1.38 bits per heavy atom. The first-order chi connectivity index (χ1) is 11.6. The van der Waals surface area contributed by atoms with Gasteiger partial charge in [-0.25, -0.2) is 4.98 Å². The molecule has 2 aromatic heterocycles. The van der Waals surface area contributed by atoms with Gasteiger partial charge in [0.2, 0.25) is 5.91 Å². The molecule has 0 fully saturated rings. The molecular formula is C17H17N3O3S. The average Bonchev–Trinajstić information content (AvgIpc) is 3.02. The summed E-state index contributed by atoms with van der Waals surface area (Å²) in [5.41, 5.74) is 0.363. The molecule has 0 bridgehead atoms. The number of hydrogen-bond donors (Lipinski definition) is 1. The highest BCUT2D eigenvalue weighted by atomic mass is 32.1. The maximum absolute atomic E-state index is 12.5. The molecule has 0 aliphatic rings. The molecule has 0 saturated heterocycles. The monoisotopic (exact) mass is 343 g/mol. The van der Waals surface area contributed by atoms with Crippen molar-refractivity contribution in [3.05, 3.63) is 51.9 Å². The van der Waals surface area contributed by atoms with Crippen molar-refractivity contribution in [1.29, 1.82) is 0 Å². The lowest BCUT2D eigenvalue weighted by molar-refractivity contribution is -0.116. The van der Waals surface area contributed by atoms with Crippen LogP contribution < -0.4 is 15.6 Å². The van der Waals surface area contributed by atoms with Gasteiger partial charge in [-0.1, -0.05) is 19.1 Å². The van der Waals surface area contributed by atoms with Gasteiger partial charge in [0.1, 0.15) is 17.1 Å². The van der Waals surface area contributed by atoms with Crippen LogP contribution in [0.25, 0.3) is 10.2 Å². The molecule has 1 N–H and O–H groups in total. The van der Waals surface area contributed by atoms with E-state index in [0.29, 0.717) is 21.7 Å². The minimum atomic E-state index is -0.311. The zero-order valence-electron chi connectivity index (χ0n) is 13.4. The van der Waals surface area contributed by atoms with Gasteiger partial charge in [0.25, 0.3) is 5.56 Å². The first-order valence-corrected chi connectivity index (χ1v) is 8.34. The summed E-state index contributed by atoms with van der Waals surface area (Å²) >= 11 is 1.51. The number of rotatable bonds is 5. The molecule has 3 rings (SSSR count). The second-order valence-electron chi connectivity index (χ2n) is 5.21. The molecule has 24 heavy (non-hydrogen) atoms. The van der Waals surface area contributed by atoms with Gasteiger partial charge < -0.3 is 10.1 Å². The molecule has 6 nitrogen and oxygen atoms in total. The lowest BCUT2D eigenvalue weighted by Gasteiger charge is -2.10. The number of aryl methyl sites for hydroxylation is 1. The normalized spacial score (nSPS) is 10.8. The van der Waals surface area contributed by atoms with Crippen LogP contribution >= 0.6 is 11.3 Å². The summed E-state index contributed by atoms with van der Waals surface area (Å²) in [6, 6.07) is 8.97. The standard InChI is InChI=1S/C17H17N3O3S/c1-3-11-8-12-16(24-11)18-10-20(17(12)22)9-15(21)19-13-6-4-5-7-14(13)23-2/h4-8,10H,3,9H2,1-2H3,(H,19,21). The van der Waals surface area contributed by atoms with Crippen molar-refractivity contribution in [1.82, 2.24) is 9.55 Å². The molecule has 0 aliphatic carbocycles. The summed E-state index contributed by atoms with van der Waals surface area (Å²) in [7, 11) is 1.54. The molecule has 0 unspecified atom stereocenters. The van der Waals surface area contributed by atoms with Gasteiger partial charge in [0, 0.05) is 4.88 Å². The minimum Gasteiger partial charge on any atom is -0.495 e. The summed E-state index contributed by atoms with van der Waals surface area (Å²) in [6.07, 6.45) is 2.27. The third-order valence-corrected chi connectivity index (χ3v) is 4.80. The number of fused-ring (bicyclic) bond motifs is 1. The molecule has 0 spiro atoms. The molecule has 7 heteroatoms. The van der Waals surface area contributed by atoms with E-state index in [4.69, 9.17) is 4.74 Å². The smallest absolute Gasteiger partial charge is 0.262 e. The Morgan fingerprint density at radius 2 is 2.17 bits per heavy atom. The number of ether oxygens (including phenoxy) is 1. The van der Waals surface area contributed by atoms with Crippen molar-refractivity contribution in [2.75, 3.05) is 12.4 Å². The summed E-state index contributed by atoms with van der Waals surface area (Å²) in [5.74, 6) is 0.255. The molecule has 3 aromatic rings. The quantitative estimate of drug-likeness (QED) is 0.773. The molecule has 0 radical (unpaired) electrons. The number of carbonyl (C=O) groups is 1. The largest absolute Gasteiger partial charge is 0.495 e. The lowest BCUT2D eigenvalue weighted by atomic mass is 10.3. The van der Waals surface area contributed by atoms with E-state index in [1.807, 2.05) is 19.1 Å². The molecule has 0 aliphatic heterocycles. The van der Waals surface area contributed by atoms with Gasteiger partial charge in [0.15, 0.2) is 0 Å². The zero-order chi connectivity index (χ0) is 17.1. The fraction of sp³-hybridized carbons (Fsp3) is 0.235. The highest BCUT2D eigenvalue weighted by molar-refractivity contribution is 7.18. The van der Waals surface area contributed by atoms with Crippen LogP contribution in [0, 0.1) is 0 Å². The predicted molar refractivity (Wildman–Crippen MR) is 94.9 cm³/mol. The number of anilines is 1. The molecule has 1 amide bonds. The van der Waals surface area contributed by atoms with Gasteiger partial charge in [-0.15, -0.1) is 11.3 Å². The third kappa shape index (κ3) is 3.16. The van der Waals surface area contributed by atoms with Crippen LogP contribution in [0.1, 0.15) is 11.8 Å². The van der Waals surface area contributed by atoms with Crippen molar-refractivity contribution >= 4 is 33.1 Å². The number of benzene rings is 1. The maximum Gasteiger partial charge on any atom is 0.262 e.